The number of amides is 1. The number of nitrogens with one attached hydrogen (secondary N) is 2. The first kappa shape index (κ1) is 20.4. The Balaban J connectivity index is 2.04. The number of carbonyl (C=O) groups is 2. The van der Waals surface area contributed by atoms with E-state index in [2.05, 4.69) is 10.0 Å². The van der Waals surface area contributed by atoms with Crippen LogP contribution in [-0.4, -0.2) is 32.7 Å². The molecule has 0 bridgehead atoms. The number of sulfonamides is 1. The first-order valence-electron chi connectivity index (χ1n) is 8.30. The third-order valence-electron chi connectivity index (χ3n) is 3.75. The zero-order chi connectivity index (χ0) is 20.0. The van der Waals surface area contributed by atoms with Crippen molar-refractivity contribution in [3.05, 3.63) is 65.7 Å². The van der Waals surface area contributed by atoms with Gasteiger partial charge >= 0.3 is 5.97 Å². The van der Waals surface area contributed by atoms with Crippen LogP contribution in [0.4, 0.5) is 5.69 Å². The molecule has 0 unspecified atom stereocenters. The molecular weight excluding hydrogens is 368 g/mol. The average molecular weight is 390 g/mol. The molecule has 0 aliphatic rings. The van der Waals surface area contributed by atoms with Crippen molar-refractivity contribution in [2.24, 2.45) is 0 Å². The lowest BCUT2D eigenvalue weighted by atomic mass is 10.1. The lowest BCUT2D eigenvalue weighted by Crippen LogP contribution is -2.37. The molecule has 2 aromatic rings. The van der Waals surface area contributed by atoms with Gasteiger partial charge in [-0.25, -0.2) is 13.2 Å². The topological polar surface area (TPSA) is 102 Å². The highest BCUT2D eigenvalue weighted by Crippen LogP contribution is 2.18. The van der Waals surface area contributed by atoms with Crippen LogP contribution in [0.5, 0.6) is 0 Å². The normalized spacial score (nSPS) is 13.3. The van der Waals surface area contributed by atoms with E-state index in [4.69, 9.17) is 4.74 Å². The van der Waals surface area contributed by atoms with Crippen LogP contribution >= 0.6 is 0 Å². The Morgan fingerprint density at radius 2 is 1.56 bits per heavy atom. The smallest absolute Gasteiger partial charge is 0.341 e. The van der Waals surface area contributed by atoms with Gasteiger partial charge in [0.05, 0.1) is 23.5 Å². The highest BCUT2D eigenvalue weighted by atomic mass is 32.2. The molecule has 27 heavy (non-hydrogen) atoms. The Bertz CT molecular complexity index is 913. The van der Waals surface area contributed by atoms with Gasteiger partial charge in [0.15, 0.2) is 6.10 Å². The van der Waals surface area contributed by atoms with Gasteiger partial charge in [-0.3, -0.25) is 9.52 Å². The van der Waals surface area contributed by atoms with Gasteiger partial charge in [-0.2, -0.15) is 0 Å². The summed E-state index contributed by atoms with van der Waals surface area (Å²) in [5.41, 5.74) is 1.04. The molecule has 2 rings (SSSR count). The Labute approximate surface area is 158 Å². The number of esters is 1. The van der Waals surface area contributed by atoms with Crippen LogP contribution in [-0.2, 0) is 19.6 Å². The molecule has 0 saturated carbocycles. The SMILES string of the molecule is C[C@H](OC(=O)c1ccccc1NS(C)(=O)=O)C(=O)N[C@@H](C)c1ccccc1. The monoisotopic (exact) mass is 390 g/mol. The number of para-hydroxylation sites is 1. The molecule has 0 heterocycles. The van der Waals surface area contributed by atoms with Crippen LogP contribution in [0.15, 0.2) is 54.6 Å². The van der Waals surface area contributed by atoms with Gasteiger partial charge in [-0.05, 0) is 31.5 Å². The zero-order valence-electron chi connectivity index (χ0n) is 15.3. The van der Waals surface area contributed by atoms with Gasteiger partial charge in [0.1, 0.15) is 0 Å². The molecule has 144 valence electrons. The minimum Gasteiger partial charge on any atom is -0.449 e. The second kappa shape index (κ2) is 8.68. The molecular formula is C19H22N2O5S. The number of hydrogen-bond donors (Lipinski definition) is 2. The fourth-order valence-corrected chi connectivity index (χ4v) is 2.96. The molecule has 1 amide bonds. The second-order valence-electron chi connectivity index (χ2n) is 6.11. The van der Waals surface area contributed by atoms with Crippen LogP contribution in [0.3, 0.4) is 0 Å². The number of ether oxygens (including phenoxy) is 1. The number of anilines is 1. The molecule has 0 aromatic heterocycles. The average Bonchev–Trinajstić information content (AvgIpc) is 2.61. The minimum absolute atomic E-state index is 0.0266. The predicted molar refractivity (Wildman–Crippen MR) is 103 cm³/mol. The summed E-state index contributed by atoms with van der Waals surface area (Å²) in [5.74, 6) is -1.25. The molecule has 2 aromatic carbocycles. The largest absolute Gasteiger partial charge is 0.449 e. The first-order chi connectivity index (χ1) is 12.7. The lowest BCUT2D eigenvalue weighted by molar-refractivity contribution is -0.129. The molecule has 8 heteroatoms. The van der Waals surface area contributed by atoms with Gasteiger partial charge in [-0.15, -0.1) is 0 Å². The minimum atomic E-state index is -3.56. The molecule has 2 N–H and O–H groups in total. The van der Waals surface area contributed by atoms with E-state index in [0.717, 1.165) is 11.8 Å². The van der Waals surface area contributed by atoms with Crippen molar-refractivity contribution in [1.29, 1.82) is 0 Å². The maximum absolute atomic E-state index is 12.4. The van der Waals surface area contributed by atoms with Crippen molar-refractivity contribution in [2.75, 3.05) is 11.0 Å². The van der Waals surface area contributed by atoms with Crippen LogP contribution < -0.4 is 10.0 Å². The van der Waals surface area contributed by atoms with Gasteiger partial charge in [0.25, 0.3) is 5.91 Å². The summed E-state index contributed by atoms with van der Waals surface area (Å²) in [6, 6.07) is 15.2. The summed E-state index contributed by atoms with van der Waals surface area (Å²) in [5, 5.41) is 2.78. The highest BCUT2D eigenvalue weighted by molar-refractivity contribution is 7.92. The summed E-state index contributed by atoms with van der Waals surface area (Å²) in [6.45, 7) is 3.28. The van der Waals surface area contributed by atoms with E-state index in [0.29, 0.717) is 0 Å². The maximum Gasteiger partial charge on any atom is 0.341 e. The molecule has 0 radical (unpaired) electrons. The number of carbonyl (C=O) groups excluding carboxylic acids is 2. The van der Waals surface area contributed by atoms with Gasteiger partial charge in [0.2, 0.25) is 10.0 Å². The molecule has 0 aliphatic carbocycles. The number of benzene rings is 2. The second-order valence-corrected chi connectivity index (χ2v) is 7.86. The van der Waals surface area contributed by atoms with E-state index < -0.39 is 28.0 Å². The number of hydrogen-bond acceptors (Lipinski definition) is 5. The van der Waals surface area contributed by atoms with Gasteiger partial charge < -0.3 is 10.1 Å². The van der Waals surface area contributed by atoms with Gasteiger partial charge in [-0.1, -0.05) is 42.5 Å². The highest BCUT2D eigenvalue weighted by Gasteiger charge is 2.22. The molecule has 0 fully saturated rings. The number of rotatable bonds is 7. The lowest BCUT2D eigenvalue weighted by Gasteiger charge is -2.19. The molecule has 2 atom stereocenters. The van der Waals surface area contributed by atoms with Crippen molar-refractivity contribution in [1.82, 2.24) is 5.32 Å². The third kappa shape index (κ3) is 6.10. The maximum atomic E-state index is 12.4. The molecule has 7 nitrogen and oxygen atoms in total. The van der Waals surface area contributed by atoms with Crippen molar-refractivity contribution in [3.63, 3.8) is 0 Å². The van der Waals surface area contributed by atoms with Crippen molar-refractivity contribution < 1.29 is 22.7 Å². The molecule has 0 saturated heterocycles. The van der Waals surface area contributed by atoms with Crippen LogP contribution in [0, 0.1) is 0 Å². The van der Waals surface area contributed by atoms with E-state index >= 15 is 0 Å². The van der Waals surface area contributed by atoms with E-state index in [-0.39, 0.29) is 17.3 Å². The zero-order valence-corrected chi connectivity index (χ0v) is 16.1. The van der Waals surface area contributed by atoms with E-state index in [1.165, 1.54) is 19.1 Å². The van der Waals surface area contributed by atoms with Crippen molar-refractivity contribution in [3.8, 4) is 0 Å². The first-order valence-corrected chi connectivity index (χ1v) is 10.2. The quantitative estimate of drug-likeness (QED) is 0.707. The summed E-state index contributed by atoms with van der Waals surface area (Å²) in [7, 11) is -3.56. The predicted octanol–water partition coefficient (Wildman–Crippen LogP) is 2.48. The Morgan fingerprint density at radius 3 is 2.19 bits per heavy atom. The molecule has 0 aliphatic heterocycles. The summed E-state index contributed by atoms with van der Waals surface area (Å²) >= 11 is 0. The summed E-state index contributed by atoms with van der Waals surface area (Å²) < 4.78 is 30.3. The van der Waals surface area contributed by atoms with Crippen molar-refractivity contribution in [2.45, 2.75) is 26.0 Å². The van der Waals surface area contributed by atoms with Gasteiger partial charge in [0, 0.05) is 0 Å². The van der Waals surface area contributed by atoms with E-state index in [1.807, 2.05) is 37.3 Å². The van der Waals surface area contributed by atoms with Crippen LogP contribution in [0.1, 0.15) is 35.8 Å². The van der Waals surface area contributed by atoms with E-state index in [9.17, 15) is 18.0 Å². The Hall–Kier alpha value is -2.87. The third-order valence-corrected chi connectivity index (χ3v) is 4.34. The molecule has 0 spiro atoms. The van der Waals surface area contributed by atoms with E-state index in [1.54, 1.807) is 12.1 Å². The van der Waals surface area contributed by atoms with Crippen LogP contribution in [0.25, 0.3) is 0 Å². The standard InChI is InChI=1S/C19H22N2O5S/c1-13(15-9-5-4-6-10-15)20-18(22)14(2)26-19(23)16-11-7-8-12-17(16)21-27(3,24)25/h4-14,21H,1-3H3,(H,20,22)/t13-,14-/m0/s1. The fourth-order valence-electron chi connectivity index (χ4n) is 2.38. The Kier molecular flexibility index (Phi) is 6.57. The van der Waals surface area contributed by atoms with Crippen molar-refractivity contribution >= 4 is 27.6 Å². The summed E-state index contributed by atoms with van der Waals surface area (Å²) in [4.78, 5) is 24.7. The summed E-state index contributed by atoms with van der Waals surface area (Å²) in [6.07, 6.45) is -0.0640. The van der Waals surface area contributed by atoms with Crippen LogP contribution in [0.2, 0.25) is 0 Å². The Morgan fingerprint density at radius 1 is 0.963 bits per heavy atom. The fraction of sp³-hybridized carbons (Fsp3) is 0.263.